The molecule has 0 spiro atoms. The molecule has 3 aromatic rings. The van der Waals surface area contributed by atoms with Gasteiger partial charge in [-0.3, -0.25) is 10.1 Å². The highest BCUT2D eigenvalue weighted by molar-refractivity contribution is 7.86. The Morgan fingerprint density at radius 1 is 0.895 bits per heavy atom. The molecule has 0 unspecified atom stereocenters. The maximum Gasteiger partial charge on any atom is 0.322 e. The number of thiol groups is 1. The topological polar surface area (TPSA) is 73.8 Å². The van der Waals surface area contributed by atoms with Crippen LogP contribution in [-0.4, -0.2) is 42.8 Å². The predicted molar refractivity (Wildman–Crippen MR) is 159 cm³/mol. The summed E-state index contributed by atoms with van der Waals surface area (Å²) >= 11 is 10.5. The monoisotopic (exact) mass is 548 g/mol. The number of amides is 3. The van der Waals surface area contributed by atoms with Gasteiger partial charge >= 0.3 is 6.03 Å². The smallest absolute Gasteiger partial charge is 0.322 e. The highest BCUT2D eigenvalue weighted by Crippen LogP contribution is 2.28. The van der Waals surface area contributed by atoms with Crippen LogP contribution in [0.15, 0.2) is 100 Å². The van der Waals surface area contributed by atoms with E-state index in [4.69, 9.17) is 11.6 Å². The number of benzene rings is 3. The molecule has 0 aliphatic heterocycles. The van der Waals surface area contributed by atoms with E-state index in [2.05, 4.69) is 52.5 Å². The number of carbonyl (C=O) groups is 2. The third kappa shape index (κ3) is 8.78. The fraction of sp³-hybridized carbons (Fsp3) is 0.233. The highest BCUT2D eigenvalue weighted by Gasteiger charge is 2.20. The Morgan fingerprint density at radius 3 is 1.92 bits per heavy atom. The van der Waals surface area contributed by atoms with Crippen molar-refractivity contribution in [1.29, 1.82) is 0 Å². The molecule has 0 aliphatic carbocycles. The molecule has 6 nitrogen and oxygen atoms in total. The van der Waals surface area contributed by atoms with Gasteiger partial charge in [-0.15, -0.1) is 12.6 Å². The fourth-order valence-electron chi connectivity index (χ4n) is 4.11. The summed E-state index contributed by atoms with van der Waals surface area (Å²) in [6, 6.07) is 29.5. The molecule has 0 heterocycles. The second kappa shape index (κ2) is 15.0. The minimum atomic E-state index is -0.335. The SMILES string of the molecule is CNC(=O)CCN(CCC(c1ccccc1)c1ccccc1)C(=O)N/C(C)=N/C(=C(\S)Cl)c1ccccc1. The molecule has 0 aliphatic rings. The lowest BCUT2D eigenvalue weighted by molar-refractivity contribution is -0.120. The van der Waals surface area contributed by atoms with Gasteiger partial charge in [0.1, 0.15) is 5.84 Å². The molecular formula is C30H33ClN4O2S. The first-order chi connectivity index (χ1) is 18.4. The zero-order valence-corrected chi connectivity index (χ0v) is 23.3. The fourth-order valence-corrected chi connectivity index (χ4v) is 4.44. The van der Waals surface area contributed by atoms with E-state index in [1.54, 1.807) is 18.9 Å². The molecule has 0 aromatic heterocycles. The van der Waals surface area contributed by atoms with Crippen LogP contribution in [0.1, 0.15) is 42.4 Å². The van der Waals surface area contributed by atoms with E-state index in [9.17, 15) is 9.59 Å². The third-order valence-corrected chi connectivity index (χ3v) is 6.47. The summed E-state index contributed by atoms with van der Waals surface area (Å²) in [7, 11) is 1.59. The van der Waals surface area contributed by atoms with E-state index in [1.807, 2.05) is 66.7 Å². The van der Waals surface area contributed by atoms with Crippen molar-refractivity contribution >= 4 is 47.7 Å². The van der Waals surface area contributed by atoms with Crippen LogP contribution in [0.3, 0.4) is 0 Å². The van der Waals surface area contributed by atoms with E-state index < -0.39 is 0 Å². The van der Waals surface area contributed by atoms with Crippen LogP contribution < -0.4 is 10.6 Å². The average Bonchev–Trinajstić information content (AvgIpc) is 2.94. The van der Waals surface area contributed by atoms with Crippen LogP contribution >= 0.6 is 24.2 Å². The van der Waals surface area contributed by atoms with Crippen molar-refractivity contribution in [2.45, 2.75) is 25.7 Å². The molecule has 0 atom stereocenters. The molecule has 0 bridgehead atoms. The van der Waals surface area contributed by atoms with Crippen molar-refractivity contribution in [3.63, 3.8) is 0 Å². The van der Waals surface area contributed by atoms with Crippen molar-refractivity contribution in [2.24, 2.45) is 4.99 Å². The van der Waals surface area contributed by atoms with Crippen LogP contribution in [0.5, 0.6) is 0 Å². The summed E-state index contributed by atoms with van der Waals surface area (Å²) in [5, 5.41) is 5.48. The van der Waals surface area contributed by atoms with E-state index >= 15 is 0 Å². The second-order valence-electron chi connectivity index (χ2n) is 8.71. The Kier molecular flexibility index (Phi) is 11.5. The van der Waals surface area contributed by atoms with Gasteiger partial charge in [0.2, 0.25) is 5.91 Å². The molecule has 3 rings (SSSR count). The molecule has 0 radical (unpaired) electrons. The summed E-state index contributed by atoms with van der Waals surface area (Å²) in [6.07, 6.45) is 0.877. The molecule has 3 amide bonds. The quantitative estimate of drug-likeness (QED) is 0.159. The number of nitrogens with one attached hydrogen (secondary N) is 2. The summed E-state index contributed by atoms with van der Waals surface area (Å²) in [5.41, 5.74) is 3.58. The number of amidine groups is 1. The van der Waals surface area contributed by atoms with E-state index in [0.717, 1.165) is 5.56 Å². The first-order valence-corrected chi connectivity index (χ1v) is 13.3. The van der Waals surface area contributed by atoms with Gasteiger partial charge in [-0.2, -0.15) is 0 Å². The van der Waals surface area contributed by atoms with Crippen LogP contribution in [0.25, 0.3) is 5.70 Å². The number of aliphatic imine (C=N–C) groups is 1. The molecule has 3 aromatic carbocycles. The van der Waals surface area contributed by atoms with Crippen molar-refractivity contribution in [3.05, 3.63) is 112 Å². The number of nitrogens with zero attached hydrogens (tertiary/aromatic N) is 2. The number of carbonyl (C=O) groups excluding carboxylic acids is 2. The molecule has 2 N–H and O–H groups in total. The van der Waals surface area contributed by atoms with Crippen LogP contribution in [0.2, 0.25) is 0 Å². The minimum absolute atomic E-state index is 0.0954. The maximum absolute atomic E-state index is 13.4. The third-order valence-electron chi connectivity index (χ3n) is 6.08. The highest BCUT2D eigenvalue weighted by atomic mass is 35.5. The summed E-state index contributed by atoms with van der Waals surface area (Å²) < 4.78 is 0.217. The Labute approximate surface area is 235 Å². The number of urea groups is 1. The molecule has 38 heavy (non-hydrogen) atoms. The maximum atomic E-state index is 13.4. The van der Waals surface area contributed by atoms with E-state index in [-0.39, 0.29) is 35.2 Å². The first kappa shape index (κ1) is 29.0. The molecule has 8 heteroatoms. The first-order valence-electron chi connectivity index (χ1n) is 12.4. The Morgan fingerprint density at radius 2 is 1.42 bits per heavy atom. The summed E-state index contributed by atoms with van der Waals surface area (Å²) in [6.45, 7) is 2.41. The van der Waals surface area contributed by atoms with Crippen molar-refractivity contribution < 1.29 is 9.59 Å². The number of hydrogen-bond donors (Lipinski definition) is 3. The van der Waals surface area contributed by atoms with Crippen molar-refractivity contribution in [3.8, 4) is 0 Å². The van der Waals surface area contributed by atoms with Gasteiger partial charge in [0.05, 0.1) is 10.1 Å². The van der Waals surface area contributed by atoms with Gasteiger partial charge < -0.3 is 10.2 Å². The summed E-state index contributed by atoms with van der Waals surface area (Å²) in [5.74, 6) is 0.332. The van der Waals surface area contributed by atoms with E-state index in [0.29, 0.717) is 24.5 Å². The van der Waals surface area contributed by atoms with Gasteiger partial charge in [-0.25, -0.2) is 9.79 Å². The lowest BCUT2D eigenvalue weighted by Crippen LogP contribution is -2.44. The average molecular weight is 549 g/mol. The molecule has 198 valence electrons. The van der Waals surface area contributed by atoms with Crippen LogP contribution in [0, 0.1) is 0 Å². The van der Waals surface area contributed by atoms with Crippen LogP contribution in [0.4, 0.5) is 4.79 Å². The lowest BCUT2D eigenvalue weighted by Gasteiger charge is -2.26. The second-order valence-corrected chi connectivity index (χ2v) is 9.79. The Hall–Kier alpha value is -3.55. The van der Waals surface area contributed by atoms with Gasteiger partial charge in [-0.05, 0) is 24.5 Å². The zero-order chi connectivity index (χ0) is 27.3. The van der Waals surface area contributed by atoms with E-state index in [1.165, 1.54) is 11.1 Å². The van der Waals surface area contributed by atoms with Gasteiger partial charge in [0, 0.05) is 38.0 Å². The van der Waals surface area contributed by atoms with Gasteiger partial charge in [0.15, 0.2) is 0 Å². The predicted octanol–water partition coefficient (Wildman–Crippen LogP) is 6.27. The molecule has 0 saturated carbocycles. The molecule has 0 saturated heterocycles. The van der Waals surface area contributed by atoms with Gasteiger partial charge in [0.25, 0.3) is 0 Å². The van der Waals surface area contributed by atoms with Crippen molar-refractivity contribution in [2.75, 3.05) is 20.1 Å². The number of halogens is 1. The summed E-state index contributed by atoms with van der Waals surface area (Å²) in [4.78, 5) is 31.5. The standard InChI is InChI=1S/C30H33ClN4O2S/c1-22(33-28(29(31)38)25-16-10-5-11-17-25)34-30(37)35(21-19-27(36)32-2)20-18-26(23-12-6-3-7-13-23)24-14-8-4-9-15-24/h3-17,26,38H,18-21H2,1-2H3,(H,32,36)(H,33,34,37)/b29-28-. The lowest BCUT2D eigenvalue weighted by atomic mass is 9.88. The zero-order valence-electron chi connectivity index (χ0n) is 21.6. The number of rotatable bonds is 10. The Bertz CT molecular complexity index is 1210. The number of hydrogen-bond acceptors (Lipinski definition) is 4. The largest absolute Gasteiger partial charge is 0.359 e. The van der Waals surface area contributed by atoms with Crippen LogP contribution in [-0.2, 0) is 4.79 Å². The molecule has 0 fully saturated rings. The normalized spacial score (nSPS) is 12.1. The minimum Gasteiger partial charge on any atom is -0.359 e. The Balaban J connectivity index is 1.80. The van der Waals surface area contributed by atoms with Gasteiger partial charge in [-0.1, -0.05) is 103 Å². The van der Waals surface area contributed by atoms with Crippen molar-refractivity contribution in [1.82, 2.24) is 15.5 Å². The molecular weight excluding hydrogens is 516 g/mol.